The molecule has 1 aliphatic heterocycles. The number of Topliss-reactive ketones (excluding diaryl/α,β-unsaturated/α-hetero) is 1. The Morgan fingerprint density at radius 2 is 1.32 bits per heavy atom. The zero-order chi connectivity index (χ0) is 22.4. The predicted molar refractivity (Wildman–Crippen MR) is 56.9 cm³/mol. The van der Waals surface area contributed by atoms with Gasteiger partial charge in [0.05, 0.1) is 0 Å². The van der Waals surface area contributed by atoms with E-state index in [4.69, 9.17) is 0 Å². The Kier molecular flexibility index (Phi) is 6.31. The summed E-state index contributed by atoms with van der Waals surface area (Å²) in [4.78, 5) is 11.1. The third-order valence-corrected chi connectivity index (χ3v) is 3.13. The van der Waals surface area contributed by atoms with E-state index in [9.17, 15) is 61.9 Å². The molecule has 17 heteroatoms. The molecule has 0 spiro atoms. The molecule has 0 radical (unpaired) electrons. The molecule has 0 aliphatic carbocycles. The lowest BCUT2D eigenvalue weighted by Crippen LogP contribution is -2.65. The molecule has 0 amide bonds. The zero-order valence-electron chi connectivity index (χ0n) is 12.7. The first-order valence-electron chi connectivity index (χ1n) is 6.70. The summed E-state index contributed by atoms with van der Waals surface area (Å²) in [5.41, 5.74) is 0. The van der Waals surface area contributed by atoms with Crippen LogP contribution in [-0.4, -0.2) is 55.0 Å². The molecule has 2 unspecified atom stereocenters. The van der Waals surface area contributed by atoms with Crippen LogP contribution in [0, 0.1) is 0 Å². The van der Waals surface area contributed by atoms with Crippen molar-refractivity contribution in [3.63, 3.8) is 0 Å². The fourth-order valence-electron chi connectivity index (χ4n) is 1.87. The predicted octanol–water partition coefficient (Wildman–Crippen LogP) is 4.34. The number of ether oxygens (including phenoxy) is 3. The number of rotatable bonds is 7. The van der Waals surface area contributed by atoms with Gasteiger partial charge in [0.25, 0.3) is 5.78 Å². The van der Waals surface area contributed by atoms with Gasteiger partial charge in [-0.05, 0) is 12.8 Å². The molecule has 28 heavy (non-hydrogen) atoms. The molecule has 0 aromatic rings. The second-order valence-corrected chi connectivity index (χ2v) is 5.23. The maximum absolute atomic E-state index is 13.9. The molecular formula is C11H7F13O4. The van der Waals surface area contributed by atoms with Gasteiger partial charge in [-0.3, -0.25) is 9.53 Å². The molecule has 1 rings (SSSR count). The summed E-state index contributed by atoms with van der Waals surface area (Å²) >= 11 is 0. The van der Waals surface area contributed by atoms with E-state index in [0.29, 0.717) is 0 Å². The highest BCUT2D eigenvalue weighted by Gasteiger charge is 2.79. The van der Waals surface area contributed by atoms with Crippen LogP contribution in [0.1, 0.15) is 12.8 Å². The molecule has 0 aromatic carbocycles. The van der Waals surface area contributed by atoms with E-state index in [1.807, 2.05) is 0 Å². The van der Waals surface area contributed by atoms with Gasteiger partial charge < -0.3 is 4.74 Å². The number of carbonyl (C=O) groups excluding carboxylic acids is 1. The minimum absolute atomic E-state index is 0.240. The number of carbonyl (C=O) groups is 1. The Morgan fingerprint density at radius 1 is 0.821 bits per heavy atom. The van der Waals surface area contributed by atoms with Gasteiger partial charge in [0.2, 0.25) is 0 Å². The Morgan fingerprint density at radius 3 is 1.68 bits per heavy atom. The molecule has 4 nitrogen and oxygen atoms in total. The summed E-state index contributed by atoms with van der Waals surface area (Å²) in [5.74, 6) is -18.9. The molecule has 1 saturated heterocycles. The minimum atomic E-state index is -7.24. The van der Waals surface area contributed by atoms with E-state index in [1.165, 1.54) is 0 Å². The van der Waals surface area contributed by atoms with Crippen molar-refractivity contribution in [1.29, 1.82) is 0 Å². The van der Waals surface area contributed by atoms with E-state index >= 15 is 0 Å². The average Bonchev–Trinajstić information content (AvgIpc) is 2.96. The number of hydrogen-bond donors (Lipinski definition) is 0. The molecule has 0 N–H and O–H groups in total. The van der Waals surface area contributed by atoms with E-state index in [1.54, 1.807) is 4.74 Å². The summed E-state index contributed by atoms with van der Waals surface area (Å²) < 4.78 is 175. The molecule has 166 valence electrons. The highest BCUT2D eigenvalue weighted by molar-refractivity contribution is 5.93. The molecule has 1 fully saturated rings. The van der Waals surface area contributed by atoms with Crippen LogP contribution >= 0.6 is 0 Å². The molecule has 1 aliphatic rings. The molecule has 0 aromatic heterocycles. The van der Waals surface area contributed by atoms with E-state index in [0.717, 1.165) is 0 Å². The van der Waals surface area contributed by atoms with E-state index < -0.39 is 61.4 Å². The van der Waals surface area contributed by atoms with Gasteiger partial charge in [0.1, 0.15) is 6.10 Å². The van der Waals surface area contributed by atoms with Crippen LogP contribution in [-0.2, 0) is 19.0 Å². The Hall–Kier alpha value is -1.36. The summed E-state index contributed by atoms with van der Waals surface area (Å²) in [5, 5.41) is 0. The number of ketones is 1. The van der Waals surface area contributed by atoms with Crippen molar-refractivity contribution in [3.8, 4) is 0 Å². The lowest BCUT2D eigenvalue weighted by Gasteiger charge is -2.35. The number of halogens is 13. The Bertz CT molecular complexity index is 578. The Labute approximate surface area is 145 Å². The molecule has 0 bridgehead atoms. The topological polar surface area (TPSA) is 44.8 Å². The van der Waals surface area contributed by atoms with Gasteiger partial charge in [-0.15, -0.1) is 13.2 Å². The largest absolute Gasteiger partial charge is 0.527 e. The summed E-state index contributed by atoms with van der Waals surface area (Å²) in [7, 11) is 0. The Balaban J connectivity index is 3.33. The van der Waals surface area contributed by atoms with Crippen LogP contribution in [0.5, 0.6) is 0 Å². The van der Waals surface area contributed by atoms with Gasteiger partial charge >= 0.3 is 36.5 Å². The quantitative estimate of drug-likeness (QED) is 0.542. The van der Waals surface area contributed by atoms with Gasteiger partial charge in [0, 0.05) is 6.61 Å². The minimum Gasteiger partial charge on any atom is -0.369 e. The highest BCUT2D eigenvalue weighted by atomic mass is 19.4. The second-order valence-electron chi connectivity index (χ2n) is 5.23. The van der Waals surface area contributed by atoms with Crippen molar-refractivity contribution in [3.05, 3.63) is 0 Å². The number of alkyl halides is 13. The van der Waals surface area contributed by atoms with E-state index in [2.05, 4.69) is 9.47 Å². The van der Waals surface area contributed by atoms with Crippen molar-refractivity contribution in [2.24, 2.45) is 0 Å². The second kappa shape index (κ2) is 7.16. The molecule has 0 saturated carbocycles. The van der Waals surface area contributed by atoms with Crippen molar-refractivity contribution >= 4 is 5.78 Å². The van der Waals surface area contributed by atoms with Crippen molar-refractivity contribution in [2.75, 3.05) is 6.61 Å². The van der Waals surface area contributed by atoms with Crippen molar-refractivity contribution in [2.45, 2.75) is 55.5 Å². The van der Waals surface area contributed by atoms with Crippen LogP contribution in [0.3, 0.4) is 0 Å². The third kappa shape index (κ3) is 4.79. The monoisotopic (exact) mass is 450 g/mol. The summed E-state index contributed by atoms with van der Waals surface area (Å²) in [6.45, 7) is -0.517. The van der Waals surface area contributed by atoms with Crippen LogP contribution in [0.25, 0.3) is 0 Å². The van der Waals surface area contributed by atoms with Gasteiger partial charge in [-0.25, -0.2) is 4.74 Å². The van der Waals surface area contributed by atoms with Crippen molar-refractivity contribution in [1.82, 2.24) is 0 Å². The first-order chi connectivity index (χ1) is 12.2. The van der Waals surface area contributed by atoms with Gasteiger partial charge in [-0.1, -0.05) is 0 Å². The molecule has 2 atom stereocenters. The lowest BCUT2D eigenvalue weighted by atomic mass is 10.0. The molecular weight excluding hydrogens is 443 g/mol. The number of hydrogen-bond acceptors (Lipinski definition) is 4. The first-order valence-corrected chi connectivity index (χ1v) is 6.70. The highest BCUT2D eigenvalue weighted by Crippen LogP contribution is 2.49. The van der Waals surface area contributed by atoms with Crippen LogP contribution in [0.4, 0.5) is 57.1 Å². The maximum atomic E-state index is 13.9. The summed E-state index contributed by atoms with van der Waals surface area (Å²) in [6, 6.07) is 0. The first kappa shape index (κ1) is 24.7. The van der Waals surface area contributed by atoms with Crippen molar-refractivity contribution < 1.29 is 76.1 Å². The smallest absolute Gasteiger partial charge is 0.369 e. The van der Waals surface area contributed by atoms with Gasteiger partial charge in [-0.2, -0.15) is 43.9 Å². The fraction of sp³-hybridized carbons (Fsp3) is 0.909. The average molecular weight is 450 g/mol. The fourth-order valence-corrected chi connectivity index (χ4v) is 1.87. The lowest BCUT2D eigenvalue weighted by molar-refractivity contribution is -0.464. The van der Waals surface area contributed by atoms with Crippen LogP contribution in [0.2, 0.25) is 0 Å². The van der Waals surface area contributed by atoms with Crippen LogP contribution < -0.4 is 0 Å². The maximum Gasteiger partial charge on any atom is 0.527 e. The SMILES string of the molecule is O=C(C(F)(F)C(F)(F)OC(F)(F)F)C(F)(OC(F)(F)C1CCCO1)C(F)(F)F. The summed E-state index contributed by atoms with van der Waals surface area (Å²) in [6.07, 6.45) is -30.1. The standard InChI is InChI=1S/C11H7F13O4/c12-6(13,10(20,21)28-11(22,23)24)5(25)7(14,9(17,18)19)27-8(15,16)4-2-1-3-26-4/h4H,1-3H2. The van der Waals surface area contributed by atoms with Gasteiger partial charge in [0.15, 0.2) is 0 Å². The van der Waals surface area contributed by atoms with E-state index in [-0.39, 0.29) is 6.42 Å². The van der Waals surface area contributed by atoms with Crippen LogP contribution in [0.15, 0.2) is 0 Å². The zero-order valence-corrected chi connectivity index (χ0v) is 12.7. The molecule has 1 heterocycles. The third-order valence-electron chi connectivity index (χ3n) is 3.13. The normalized spacial score (nSPS) is 22.2.